The molecular formula is C13H15N3O4. The summed E-state index contributed by atoms with van der Waals surface area (Å²) < 4.78 is 10.8. The average Bonchev–Trinajstić information content (AvgIpc) is 2.86. The number of amides is 2. The van der Waals surface area contributed by atoms with Crippen molar-refractivity contribution < 1.29 is 14.3 Å². The maximum atomic E-state index is 11.3. The van der Waals surface area contributed by atoms with Gasteiger partial charge in [0.1, 0.15) is 12.2 Å². The highest BCUT2D eigenvalue weighted by Gasteiger charge is 2.19. The molecule has 1 fully saturated rings. The largest absolute Gasteiger partial charge is 0.498 e. The van der Waals surface area contributed by atoms with Crippen LogP contribution < -0.4 is 14.8 Å². The topological polar surface area (TPSA) is 78.2 Å². The van der Waals surface area contributed by atoms with E-state index in [-0.39, 0.29) is 6.03 Å². The van der Waals surface area contributed by atoms with Gasteiger partial charge in [-0.3, -0.25) is 0 Å². The van der Waals surface area contributed by atoms with E-state index >= 15 is 0 Å². The Morgan fingerprint density at radius 2 is 2.35 bits per heavy atom. The zero-order valence-electron chi connectivity index (χ0n) is 11.1. The minimum atomic E-state index is -0.0721. The highest BCUT2D eigenvalue weighted by Crippen LogP contribution is 2.27. The van der Waals surface area contributed by atoms with Crippen LogP contribution in [0.1, 0.15) is 5.56 Å². The first-order chi connectivity index (χ1) is 9.74. The van der Waals surface area contributed by atoms with E-state index in [0.717, 1.165) is 0 Å². The van der Waals surface area contributed by atoms with E-state index in [9.17, 15) is 10.0 Å². The van der Waals surface area contributed by atoms with E-state index < -0.39 is 0 Å². The quantitative estimate of drug-likeness (QED) is 0.822. The van der Waals surface area contributed by atoms with Gasteiger partial charge in [0.15, 0.2) is 11.5 Å². The van der Waals surface area contributed by atoms with Gasteiger partial charge in [0.05, 0.1) is 13.7 Å². The van der Waals surface area contributed by atoms with E-state index in [1.165, 1.54) is 7.11 Å². The molecule has 1 aliphatic rings. The lowest BCUT2D eigenvalue weighted by molar-refractivity contribution is 0.201. The molecule has 2 amide bonds. The lowest BCUT2D eigenvalue weighted by Crippen LogP contribution is -2.31. The van der Waals surface area contributed by atoms with Gasteiger partial charge in [-0.15, -0.1) is 0 Å². The van der Waals surface area contributed by atoms with Crippen molar-refractivity contribution in [2.75, 3.05) is 33.4 Å². The van der Waals surface area contributed by atoms with Gasteiger partial charge in [0.2, 0.25) is 0 Å². The van der Waals surface area contributed by atoms with Crippen molar-refractivity contribution >= 4 is 6.03 Å². The smallest absolute Gasteiger partial charge is 0.336 e. The third-order valence-corrected chi connectivity index (χ3v) is 2.90. The molecule has 2 rings (SSSR count). The Balaban J connectivity index is 1.94. The summed E-state index contributed by atoms with van der Waals surface area (Å²) in [6, 6.07) is 7.16. The molecule has 0 spiro atoms. The van der Waals surface area contributed by atoms with Crippen molar-refractivity contribution in [1.29, 1.82) is 0 Å². The van der Waals surface area contributed by atoms with Crippen LogP contribution in [-0.2, 0) is 0 Å². The van der Waals surface area contributed by atoms with E-state index in [1.807, 2.05) is 0 Å². The first kappa shape index (κ1) is 13.8. The van der Waals surface area contributed by atoms with Gasteiger partial charge in [0, 0.05) is 24.2 Å². The molecule has 0 bridgehead atoms. The van der Waals surface area contributed by atoms with Gasteiger partial charge in [-0.1, -0.05) is 0 Å². The molecule has 1 heterocycles. The Morgan fingerprint density at radius 3 is 3.00 bits per heavy atom. The molecule has 1 saturated heterocycles. The number of rotatable bonds is 5. The lowest BCUT2D eigenvalue weighted by atomic mass is 10.2. The number of ether oxygens (including phenoxy) is 2. The minimum absolute atomic E-state index is 0.0721. The Morgan fingerprint density at radius 1 is 1.50 bits per heavy atom. The Bertz CT molecular complexity index is 550. The molecule has 7 heteroatoms. The molecule has 0 atom stereocenters. The van der Waals surface area contributed by atoms with Crippen molar-refractivity contribution in [1.82, 2.24) is 10.2 Å². The van der Waals surface area contributed by atoms with Crippen molar-refractivity contribution in [2.24, 2.45) is 0 Å². The van der Waals surface area contributed by atoms with Gasteiger partial charge in [-0.05, 0) is 12.1 Å². The van der Waals surface area contributed by atoms with Gasteiger partial charge in [0.25, 0.3) is 0 Å². The number of benzene rings is 1. The van der Waals surface area contributed by atoms with E-state index in [2.05, 4.69) is 16.4 Å². The monoisotopic (exact) mass is 277 g/mol. The zero-order chi connectivity index (χ0) is 14.4. The van der Waals surface area contributed by atoms with Crippen LogP contribution in [-0.4, -0.2) is 44.3 Å². The molecule has 0 unspecified atom stereocenters. The number of carbonyl (C=O) groups excluding carboxylic acids is 1. The molecule has 1 aromatic carbocycles. The molecule has 0 aromatic heterocycles. The average molecular weight is 277 g/mol. The summed E-state index contributed by atoms with van der Waals surface area (Å²) in [6.45, 7) is 2.22. The van der Waals surface area contributed by atoms with Crippen LogP contribution in [0, 0.1) is 11.3 Å². The first-order valence-electron chi connectivity index (χ1n) is 6.16. The van der Waals surface area contributed by atoms with Crippen LogP contribution in [0.4, 0.5) is 4.79 Å². The van der Waals surface area contributed by atoms with Crippen LogP contribution in [0.5, 0.6) is 11.5 Å². The van der Waals surface area contributed by atoms with Crippen molar-refractivity contribution in [3.05, 3.63) is 34.0 Å². The first-order valence-corrected chi connectivity index (χ1v) is 6.16. The zero-order valence-corrected chi connectivity index (χ0v) is 11.1. The molecule has 0 radical (unpaired) electrons. The summed E-state index contributed by atoms with van der Waals surface area (Å²) in [6.07, 6.45) is 0. The number of nitrogens with zero attached hydrogens (tertiary/aromatic N) is 2. The third kappa shape index (κ3) is 3.23. The van der Waals surface area contributed by atoms with Gasteiger partial charge in [-0.2, -0.15) is 0 Å². The highest BCUT2D eigenvalue weighted by atomic mass is 16.5. The SMILES string of the molecule is COc1cc(C#[N+][O-])ccc1OCCN1CCNC1=O. The predicted molar refractivity (Wildman–Crippen MR) is 73.2 cm³/mol. The summed E-state index contributed by atoms with van der Waals surface area (Å²) in [5, 5.41) is 15.4. The molecule has 20 heavy (non-hydrogen) atoms. The number of carbonyl (C=O) groups is 1. The van der Waals surface area contributed by atoms with E-state index in [4.69, 9.17) is 9.47 Å². The number of urea groups is 1. The van der Waals surface area contributed by atoms with E-state index in [1.54, 1.807) is 23.1 Å². The molecule has 1 N–H and O–H groups in total. The molecule has 1 aromatic rings. The summed E-state index contributed by atoms with van der Waals surface area (Å²) in [7, 11) is 1.51. The van der Waals surface area contributed by atoms with Crippen LogP contribution in [0.3, 0.4) is 0 Å². The Hall–Kier alpha value is -2.62. The van der Waals surface area contributed by atoms with E-state index in [0.29, 0.717) is 43.3 Å². The van der Waals surface area contributed by atoms with Gasteiger partial charge in [-0.25, -0.2) is 4.79 Å². The fraction of sp³-hybridized carbons (Fsp3) is 0.385. The number of hydrogen-bond acceptors (Lipinski definition) is 4. The molecule has 1 aliphatic heterocycles. The normalized spacial score (nSPS) is 13.4. The molecule has 0 saturated carbocycles. The minimum Gasteiger partial charge on any atom is -0.498 e. The predicted octanol–water partition coefficient (Wildman–Crippen LogP) is 1.28. The fourth-order valence-electron chi connectivity index (χ4n) is 1.90. The second kappa shape index (κ2) is 6.52. The van der Waals surface area contributed by atoms with Gasteiger partial charge < -0.3 is 24.9 Å². The number of nitrogens with one attached hydrogen (secondary N) is 1. The molecule has 0 aliphatic carbocycles. The number of methoxy groups -OCH3 is 1. The summed E-state index contributed by atoms with van der Waals surface area (Å²) in [5.74, 6) is 1.04. The van der Waals surface area contributed by atoms with Gasteiger partial charge >= 0.3 is 12.1 Å². The maximum absolute atomic E-state index is 11.3. The van der Waals surface area contributed by atoms with Crippen LogP contribution in [0.2, 0.25) is 0 Å². The maximum Gasteiger partial charge on any atom is 0.336 e. The second-order valence-corrected chi connectivity index (χ2v) is 4.14. The Labute approximate surface area is 116 Å². The number of hydrogen-bond donors (Lipinski definition) is 1. The third-order valence-electron chi connectivity index (χ3n) is 2.90. The van der Waals surface area contributed by atoms with Crippen molar-refractivity contribution in [2.45, 2.75) is 0 Å². The summed E-state index contributed by atoms with van der Waals surface area (Å²) >= 11 is 0. The van der Waals surface area contributed by atoms with Crippen molar-refractivity contribution in [3.8, 4) is 17.6 Å². The van der Waals surface area contributed by atoms with Crippen LogP contribution in [0.15, 0.2) is 18.2 Å². The standard InChI is InChI=1S/C13H15N3O4/c1-19-12-8-10(9-15-18)2-3-11(12)20-7-6-16-5-4-14-13(16)17/h2-3,8H,4-7H2,1H3,(H,14,17). The molecular weight excluding hydrogens is 262 g/mol. The molecule has 106 valence electrons. The van der Waals surface area contributed by atoms with Crippen molar-refractivity contribution in [3.63, 3.8) is 0 Å². The van der Waals surface area contributed by atoms with Crippen LogP contribution in [0.25, 0.3) is 5.01 Å². The second-order valence-electron chi connectivity index (χ2n) is 4.14. The lowest BCUT2D eigenvalue weighted by Gasteiger charge is -2.15. The molecule has 7 nitrogen and oxygen atoms in total. The Kier molecular flexibility index (Phi) is 4.50. The summed E-state index contributed by atoms with van der Waals surface area (Å²) in [4.78, 5) is 13.0. The van der Waals surface area contributed by atoms with Crippen LogP contribution >= 0.6 is 0 Å². The highest BCUT2D eigenvalue weighted by molar-refractivity contribution is 5.76. The fourth-order valence-corrected chi connectivity index (χ4v) is 1.90. The summed E-state index contributed by atoms with van der Waals surface area (Å²) in [5.41, 5.74) is 0.517.